The molecular formula is C14H19FN2O2. The van der Waals surface area contributed by atoms with Crippen LogP contribution < -0.4 is 0 Å². The van der Waals surface area contributed by atoms with Gasteiger partial charge in [0.1, 0.15) is 5.82 Å². The van der Waals surface area contributed by atoms with E-state index in [1.807, 2.05) is 0 Å². The number of hydrogen-bond acceptors (Lipinski definition) is 3. The van der Waals surface area contributed by atoms with Crippen LogP contribution in [0.2, 0.25) is 0 Å². The molecule has 2 rings (SSSR count). The van der Waals surface area contributed by atoms with Gasteiger partial charge in [-0.2, -0.15) is 0 Å². The largest absolute Gasteiger partial charge is 0.478 e. The number of carboxylic acids is 1. The summed E-state index contributed by atoms with van der Waals surface area (Å²) in [6, 6.07) is 4.99. The molecule has 0 spiro atoms. The lowest BCUT2D eigenvalue weighted by Gasteiger charge is -2.37. The monoisotopic (exact) mass is 266 g/mol. The Labute approximate surface area is 112 Å². The number of piperazine rings is 1. The summed E-state index contributed by atoms with van der Waals surface area (Å²) in [5.74, 6) is -1.83. The lowest BCUT2D eigenvalue weighted by Crippen LogP contribution is -2.49. The highest BCUT2D eigenvalue weighted by molar-refractivity contribution is 5.88. The van der Waals surface area contributed by atoms with Crippen molar-refractivity contribution in [3.63, 3.8) is 0 Å². The fourth-order valence-corrected chi connectivity index (χ4v) is 2.38. The van der Waals surface area contributed by atoms with Crippen molar-refractivity contribution < 1.29 is 14.3 Å². The molecule has 1 aromatic rings. The molecule has 0 amide bonds. The molecule has 0 aliphatic carbocycles. The molecule has 1 atom stereocenters. The second-order valence-corrected chi connectivity index (χ2v) is 5.15. The maximum Gasteiger partial charge on any atom is 0.338 e. The van der Waals surface area contributed by atoms with E-state index in [0.717, 1.165) is 19.6 Å². The molecule has 4 nitrogen and oxygen atoms in total. The Kier molecular flexibility index (Phi) is 4.17. The van der Waals surface area contributed by atoms with E-state index in [9.17, 15) is 9.18 Å². The molecule has 0 radical (unpaired) electrons. The summed E-state index contributed by atoms with van der Waals surface area (Å²) in [7, 11) is 2.08. The Bertz CT molecular complexity index is 479. The second-order valence-electron chi connectivity index (χ2n) is 5.15. The summed E-state index contributed by atoms with van der Waals surface area (Å²) in [5.41, 5.74) is 0.205. The fraction of sp³-hybridized carbons (Fsp3) is 0.500. The highest BCUT2D eigenvalue weighted by atomic mass is 19.1. The van der Waals surface area contributed by atoms with Crippen LogP contribution in [0.3, 0.4) is 0 Å². The second kappa shape index (κ2) is 5.67. The first kappa shape index (κ1) is 14.0. The van der Waals surface area contributed by atoms with Crippen LogP contribution >= 0.6 is 0 Å². The van der Waals surface area contributed by atoms with E-state index in [1.165, 1.54) is 6.07 Å². The zero-order valence-corrected chi connectivity index (χ0v) is 11.3. The number of aromatic carboxylic acids is 1. The highest BCUT2D eigenvalue weighted by Crippen LogP contribution is 2.17. The molecule has 1 aliphatic heterocycles. The van der Waals surface area contributed by atoms with Gasteiger partial charge in [0.25, 0.3) is 0 Å². The van der Waals surface area contributed by atoms with E-state index >= 15 is 0 Å². The number of rotatable bonds is 3. The first-order chi connectivity index (χ1) is 8.99. The molecule has 1 N–H and O–H groups in total. The summed E-state index contributed by atoms with van der Waals surface area (Å²) < 4.78 is 14.0. The predicted molar refractivity (Wildman–Crippen MR) is 70.7 cm³/mol. The van der Waals surface area contributed by atoms with Crippen LogP contribution in [0.25, 0.3) is 0 Å². The number of carboxylic acid groups (broad SMARTS) is 1. The summed E-state index contributed by atoms with van der Waals surface area (Å²) in [4.78, 5) is 15.3. The minimum Gasteiger partial charge on any atom is -0.478 e. The van der Waals surface area contributed by atoms with Gasteiger partial charge < -0.3 is 10.0 Å². The van der Waals surface area contributed by atoms with Crippen molar-refractivity contribution in [2.24, 2.45) is 0 Å². The molecular weight excluding hydrogens is 247 g/mol. The molecule has 104 valence electrons. The quantitative estimate of drug-likeness (QED) is 0.903. The van der Waals surface area contributed by atoms with Gasteiger partial charge in [0.15, 0.2) is 0 Å². The fourth-order valence-electron chi connectivity index (χ4n) is 2.38. The van der Waals surface area contributed by atoms with Crippen LogP contribution in [0.1, 0.15) is 22.8 Å². The van der Waals surface area contributed by atoms with Crippen LogP contribution in [0, 0.1) is 5.82 Å². The maximum atomic E-state index is 14.0. The van der Waals surface area contributed by atoms with E-state index in [1.54, 1.807) is 12.1 Å². The van der Waals surface area contributed by atoms with Gasteiger partial charge in [-0.05, 0) is 20.0 Å². The van der Waals surface area contributed by atoms with Crippen molar-refractivity contribution in [2.75, 3.05) is 26.7 Å². The summed E-state index contributed by atoms with van der Waals surface area (Å²) in [6.45, 7) is 5.29. The minimum atomic E-state index is -1.22. The van der Waals surface area contributed by atoms with Gasteiger partial charge in [0.05, 0.1) is 5.56 Å². The molecule has 1 heterocycles. The Morgan fingerprint density at radius 1 is 1.47 bits per heavy atom. The smallest absolute Gasteiger partial charge is 0.338 e. The number of carbonyl (C=O) groups is 1. The molecule has 1 unspecified atom stereocenters. The molecule has 1 aliphatic rings. The lowest BCUT2D eigenvalue weighted by molar-refractivity contribution is 0.0690. The van der Waals surface area contributed by atoms with Gasteiger partial charge in [-0.15, -0.1) is 0 Å². The summed E-state index contributed by atoms with van der Waals surface area (Å²) >= 11 is 0. The molecule has 0 bridgehead atoms. The summed E-state index contributed by atoms with van der Waals surface area (Å²) in [5, 5.41) is 8.91. The van der Waals surface area contributed by atoms with E-state index < -0.39 is 11.8 Å². The van der Waals surface area contributed by atoms with Crippen molar-refractivity contribution in [1.29, 1.82) is 0 Å². The Morgan fingerprint density at radius 3 is 2.84 bits per heavy atom. The first-order valence-electron chi connectivity index (χ1n) is 6.42. The maximum absolute atomic E-state index is 14.0. The molecule has 1 saturated heterocycles. The van der Waals surface area contributed by atoms with Gasteiger partial charge in [-0.1, -0.05) is 12.1 Å². The third-order valence-electron chi connectivity index (χ3n) is 3.75. The van der Waals surface area contributed by atoms with E-state index in [2.05, 4.69) is 23.8 Å². The van der Waals surface area contributed by atoms with Crippen molar-refractivity contribution in [2.45, 2.75) is 19.5 Å². The predicted octanol–water partition coefficient (Wildman–Crippen LogP) is 1.66. The number of nitrogens with zero attached hydrogens (tertiary/aromatic N) is 2. The van der Waals surface area contributed by atoms with Gasteiger partial charge >= 0.3 is 5.97 Å². The van der Waals surface area contributed by atoms with Crippen LogP contribution in [0.5, 0.6) is 0 Å². The number of benzene rings is 1. The normalized spacial score (nSPS) is 21.5. The van der Waals surface area contributed by atoms with Crippen LogP contribution in [0.4, 0.5) is 4.39 Å². The number of likely N-dealkylation sites (N-methyl/N-ethyl adjacent to an activating group) is 1. The first-order valence-corrected chi connectivity index (χ1v) is 6.42. The molecule has 0 saturated carbocycles. The third kappa shape index (κ3) is 3.11. The Hall–Kier alpha value is -1.46. The van der Waals surface area contributed by atoms with E-state index in [4.69, 9.17) is 5.11 Å². The van der Waals surface area contributed by atoms with Gasteiger partial charge in [-0.3, -0.25) is 4.90 Å². The van der Waals surface area contributed by atoms with Gasteiger partial charge in [0, 0.05) is 37.8 Å². The van der Waals surface area contributed by atoms with Gasteiger partial charge in [-0.25, -0.2) is 9.18 Å². The standard InChI is InChI=1S/C14H19FN2O2/c1-10-8-17(7-6-16(10)2)9-11-4-3-5-12(13(11)15)14(18)19/h3-5,10H,6-9H2,1-2H3,(H,18,19). The van der Waals surface area contributed by atoms with Gasteiger partial charge in [0.2, 0.25) is 0 Å². The molecule has 1 fully saturated rings. The molecule has 19 heavy (non-hydrogen) atoms. The van der Waals surface area contributed by atoms with Crippen LogP contribution in [-0.2, 0) is 6.54 Å². The summed E-state index contributed by atoms with van der Waals surface area (Å²) in [6.07, 6.45) is 0. The average molecular weight is 266 g/mol. The number of halogens is 1. The molecule has 0 aromatic heterocycles. The van der Waals surface area contributed by atoms with Crippen molar-refractivity contribution >= 4 is 5.97 Å². The SMILES string of the molecule is CC1CN(Cc2cccc(C(=O)O)c2F)CCN1C. The highest BCUT2D eigenvalue weighted by Gasteiger charge is 2.22. The van der Waals surface area contributed by atoms with Crippen molar-refractivity contribution in [1.82, 2.24) is 9.80 Å². The Balaban J connectivity index is 2.11. The van der Waals surface area contributed by atoms with Crippen molar-refractivity contribution in [3.8, 4) is 0 Å². The van der Waals surface area contributed by atoms with E-state index in [0.29, 0.717) is 18.2 Å². The van der Waals surface area contributed by atoms with Crippen LogP contribution in [-0.4, -0.2) is 53.6 Å². The number of hydrogen-bond donors (Lipinski definition) is 1. The third-order valence-corrected chi connectivity index (χ3v) is 3.75. The zero-order chi connectivity index (χ0) is 14.0. The molecule has 1 aromatic carbocycles. The lowest BCUT2D eigenvalue weighted by atomic mass is 10.1. The van der Waals surface area contributed by atoms with Crippen molar-refractivity contribution in [3.05, 3.63) is 35.1 Å². The molecule has 5 heteroatoms. The minimum absolute atomic E-state index is 0.250. The topological polar surface area (TPSA) is 43.8 Å². The van der Waals surface area contributed by atoms with E-state index in [-0.39, 0.29) is 5.56 Å². The zero-order valence-electron chi connectivity index (χ0n) is 11.3. The van der Waals surface area contributed by atoms with Crippen LogP contribution in [0.15, 0.2) is 18.2 Å². The Morgan fingerprint density at radius 2 is 2.21 bits per heavy atom. The average Bonchev–Trinajstić information content (AvgIpc) is 2.36.